The van der Waals surface area contributed by atoms with Crippen molar-refractivity contribution in [2.45, 2.75) is 19.8 Å². The number of nitrogens with zero attached hydrogens (tertiary/aromatic N) is 1. The molecule has 1 aromatic carbocycles. The zero-order chi connectivity index (χ0) is 11.4. The standard InChI is InChI=1S/C13H14N2O/c1-2-6-11-12(14-9-15-13(11)16)10-7-4-3-5-8-10/h3-5,7-9H,2,6H2,1H3,(H,14,15,16). The molecule has 82 valence electrons. The van der Waals surface area contributed by atoms with Crippen LogP contribution in [0, 0.1) is 0 Å². The highest BCUT2D eigenvalue weighted by atomic mass is 16.1. The fraction of sp³-hybridized carbons (Fsp3) is 0.231. The van der Waals surface area contributed by atoms with Crippen LogP contribution >= 0.6 is 0 Å². The van der Waals surface area contributed by atoms with Crippen molar-refractivity contribution in [2.75, 3.05) is 0 Å². The van der Waals surface area contributed by atoms with E-state index < -0.39 is 0 Å². The van der Waals surface area contributed by atoms with Crippen molar-refractivity contribution in [3.8, 4) is 11.3 Å². The minimum absolute atomic E-state index is 0.0318. The van der Waals surface area contributed by atoms with E-state index in [1.807, 2.05) is 30.3 Å². The van der Waals surface area contributed by atoms with E-state index in [4.69, 9.17) is 0 Å². The van der Waals surface area contributed by atoms with Gasteiger partial charge in [-0.05, 0) is 6.42 Å². The van der Waals surface area contributed by atoms with Gasteiger partial charge in [0.05, 0.1) is 12.0 Å². The van der Waals surface area contributed by atoms with Gasteiger partial charge in [0.1, 0.15) is 0 Å². The molecule has 0 amide bonds. The molecular formula is C13H14N2O. The van der Waals surface area contributed by atoms with Gasteiger partial charge in [0.25, 0.3) is 5.56 Å². The Hall–Kier alpha value is -1.90. The van der Waals surface area contributed by atoms with Crippen LogP contribution in [0.4, 0.5) is 0 Å². The van der Waals surface area contributed by atoms with Crippen molar-refractivity contribution in [2.24, 2.45) is 0 Å². The first-order valence-corrected chi connectivity index (χ1v) is 5.45. The van der Waals surface area contributed by atoms with Crippen molar-refractivity contribution in [1.29, 1.82) is 0 Å². The van der Waals surface area contributed by atoms with Gasteiger partial charge >= 0.3 is 0 Å². The predicted octanol–water partition coefficient (Wildman–Crippen LogP) is 2.39. The SMILES string of the molecule is CCCc1c(-c2ccccc2)nc[nH]c1=O. The first kappa shape index (κ1) is 10.6. The smallest absolute Gasteiger partial charge is 0.254 e. The summed E-state index contributed by atoms with van der Waals surface area (Å²) in [6.07, 6.45) is 3.16. The van der Waals surface area contributed by atoms with Crippen molar-refractivity contribution < 1.29 is 0 Å². The van der Waals surface area contributed by atoms with Crippen LogP contribution < -0.4 is 5.56 Å². The Morgan fingerprint density at radius 2 is 2.00 bits per heavy atom. The van der Waals surface area contributed by atoms with Crippen LogP contribution in [0.25, 0.3) is 11.3 Å². The van der Waals surface area contributed by atoms with E-state index in [9.17, 15) is 4.79 Å². The summed E-state index contributed by atoms with van der Waals surface area (Å²) >= 11 is 0. The van der Waals surface area contributed by atoms with Crippen molar-refractivity contribution in [1.82, 2.24) is 9.97 Å². The third kappa shape index (κ3) is 2.03. The van der Waals surface area contributed by atoms with E-state index in [-0.39, 0.29) is 5.56 Å². The minimum Gasteiger partial charge on any atom is -0.313 e. The minimum atomic E-state index is -0.0318. The normalized spacial score (nSPS) is 10.3. The second-order valence-corrected chi connectivity index (χ2v) is 3.67. The maximum absolute atomic E-state index is 11.7. The number of nitrogens with one attached hydrogen (secondary N) is 1. The summed E-state index contributed by atoms with van der Waals surface area (Å²) in [7, 11) is 0. The molecule has 0 unspecified atom stereocenters. The monoisotopic (exact) mass is 214 g/mol. The number of hydrogen-bond donors (Lipinski definition) is 1. The van der Waals surface area contributed by atoms with E-state index in [0.29, 0.717) is 0 Å². The summed E-state index contributed by atoms with van der Waals surface area (Å²) in [4.78, 5) is 18.6. The van der Waals surface area contributed by atoms with Crippen LogP contribution in [-0.2, 0) is 6.42 Å². The number of H-pyrrole nitrogens is 1. The molecule has 3 heteroatoms. The van der Waals surface area contributed by atoms with E-state index >= 15 is 0 Å². The molecule has 1 heterocycles. The van der Waals surface area contributed by atoms with Crippen molar-refractivity contribution in [3.63, 3.8) is 0 Å². The lowest BCUT2D eigenvalue weighted by Crippen LogP contribution is -2.14. The number of hydrogen-bond acceptors (Lipinski definition) is 2. The Morgan fingerprint density at radius 1 is 1.25 bits per heavy atom. The van der Waals surface area contributed by atoms with Crippen LogP contribution in [0.3, 0.4) is 0 Å². The van der Waals surface area contributed by atoms with Gasteiger partial charge in [-0.3, -0.25) is 4.79 Å². The lowest BCUT2D eigenvalue weighted by atomic mass is 10.0. The first-order chi connectivity index (χ1) is 7.83. The molecule has 0 saturated carbocycles. The molecule has 2 aromatic rings. The summed E-state index contributed by atoms with van der Waals surface area (Å²) in [5.41, 5.74) is 2.54. The Morgan fingerprint density at radius 3 is 2.69 bits per heavy atom. The summed E-state index contributed by atoms with van der Waals surface area (Å²) < 4.78 is 0. The molecule has 0 aliphatic rings. The second kappa shape index (κ2) is 4.75. The van der Waals surface area contributed by atoms with Crippen LogP contribution in [0.1, 0.15) is 18.9 Å². The molecular weight excluding hydrogens is 200 g/mol. The maximum Gasteiger partial charge on any atom is 0.254 e. The van der Waals surface area contributed by atoms with Crippen LogP contribution in [0.15, 0.2) is 41.5 Å². The van der Waals surface area contributed by atoms with E-state index in [1.165, 1.54) is 6.33 Å². The first-order valence-electron chi connectivity index (χ1n) is 5.45. The third-order valence-electron chi connectivity index (χ3n) is 2.50. The molecule has 0 aliphatic heterocycles. The average Bonchev–Trinajstić information content (AvgIpc) is 2.33. The number of aromatic nitrogens is 2. The highest BCUT2D eigenvalue weighted by Gasteiger charge is 2.08. The fourth-order valence-corrected chi connectivity index (χ4v) is 1.75. The van der Waals surface area contributed by atoms with Gasteiger partial charge in [-0.1, -0.05) is 43.7 Å². The number of benzene rings is 1. The third-order valence-corrected chi connectivity index (χ3v) is 2.50. The topological polar surface area (TPSA) is 45.8 Å². The molecule has 0 spiro atoms. The predicted molar refractivity (Wildman–Crippen MR) is 64.3 cm³/mol. The van der Waals surface area contributed by atoms with Gasteiger partial charge in [-0.2, -0.15) is 0 Å². The van der Waals surface area contributed by atoms with E-state index in [2.05, 4.69) is 16.9 Å². The zero-order valence-electron chi connectivity index (χ0n) is 9.23. The molecule has 0 radical (unpaired) electrons. The Labute approximate surface area is 94.2 Å². The molecule has 0 aliphatic carbocycles. The van der Waals surface area contributed by atoms with Crippen LogP contribution in [0.5, 0.6) is 0 Å². The second-order valence-electron chi connectivity index (χ2n) is 3.67. The van der Waals surface area contributed by atoms with E-state index in [1.54, 1.807) is 0 Å². The Bertz CT molecular complexity index is 517. The largest absolute Gasteiger partial charge is 0.313 e. The van der Waals surface area contributed by atoms with Gasteiger partial charge in [0.2, 0.25) is 0 Å². The zero-order valence-corrected chi connectivity index (χ0v) is 9.23. The summed E-state index contributed by atoms with van der Waals surface area (Å²) in [6.45, 7) is 2.06. The molecule has 1 N–H and O–H groups in total. The molecule has 0 atom stereocenters. The molecule has 1 aromatic heterocycles. The summed E-state index contributed by atoms with van der Waals surface area (Å²) in [5.74, 6) is 0. The fourth-order valence-electron chi connectivity index (χ4n) is 1.75. The van der Waals surface area contributed by atoms with Gasteiger partial charge in [-0.25, -0.2) is 4.98 Å². The van der Waals surface area contributed by atoms with Crippen LogP contribution in [0.2, 0.25) is 0 Å². The Kier molecular flexibility index (Phi) is 3.15. The maximum atomic E-state index is 11.7. The lowest BCUT2D eigenvalue weighted by Gasteiger charge is -2.05. The number of aromatic amines is 1. The quantitative estimate of drug-likeness (QED) is 0.852. The van der Waals surface area contributed by atoms with Gasteiger partial charge in [-0.15, -0.1) is 0 Å². The molecule has 3 nitrogen and oxygen atoms in total. The summed E-state index contributed by atoms with van der Waals surface area (Å²) in [6, 6.07) is 9.81. The van der Waals surface area contributed by atoms with Crippen molar-refractivity contribution >= 4 is 0 Å². The van der Waals surface area contributed by atoms with Gasteiger partial charge < -0.3 is 4.98 Å². The van der Waals surface area contributed by atoms with Gasteiger partial charge in [0.15, 0.2) is 0 Å². The summed E-state index contributed by atoms with van der Waals surface area (Å²) in [5, 5.41) is 0. The Balaban J connectivity index is 2.57. The van der Waals surface area contributed by atoms with Gasteiger partial charge in [0, 0.05) is 11.1 Å². The average molecular weight is 214 g/mol. The highest BCUT2D eigenvalue weighted by molar-refractivity contribution is 5.62. The number of rotatable bonds is 3. The van der Waals surface area contributed by atoms with Crippen molar-refractivity contribution in [3.05, 3.63) is 52.6 Å². The highest BCUT2D eigenvalue weighted by Crippen LogP contribution is 2.18. The van der Waals surface area contributed by atoms with Crippen LogP contribution in [-0.4, -0.2) is 9.97 Å². The molecule has 0 saturated heterocycles. The molecule has 0 bridgehead atoms. The van der Waals surface area contributed by atoms with E-state index in [0.717, 1.165) is 29.7 Å². The molecule has 2 rings (SSSR count). The molecule has 0 fully saturated rings. The lowest BCUT2D eigenvalue weighted by molar-refractivity contribution is 0.888. The molecule has 16 heavy (non-hydrogen) atoms.